The maximum absolute atomic E-state index is 12.2. The average molecular weight is 462 g/mol. The second kappa shape index (κ2) is 9.20. The fourth-order valence-corrected chi connectivity index (χ4v) is 4.47. The molecule has 2 heterocycles. The summed E-state index contributed by atoms with van der Waals surface area (Å²) in [4.78, 5) is 14.3. The van der Waals surface area contributed by atoms with Crippen LogP contribution in [0.15, 0.2) is 75.9 Å². The van der Waals surface area contributed by atoms with E-state index in [0.717, 1.165) is 46.4 Å². The molecule has 4 aromatic rings. The summed E-state index contributed by atoms with van der Waals surface area (Å²) in [5.74, 6) is 1.38. The van der Waals surface area contributed by atoms with Crippen molar-refractivity contribution in [1.29, 1.82) is 0 Å². The zero-order chi connectivity index (χ0) is 22.8. The van der Waals surface area contributed by atoms with E-state index in [2.05, 4.69) is 11.8 Å². The Bertz CT molecular complexity index is 1330. The highest BCUT2D eigenvalue weighted by atomic mass is 35.5. The molecule has 5 rings (SSSR count). The van der Waals surface area contributed by atoms with Gasteiger partial charge in [0.05, 0.1) is 17.1 Å². The van der Waals surface area contributed by atoms with Crippen LogP contribution < -0.4 is 20.0 Å². The van der Waals surface area contributed by atoms with Crippen molar-refractivity contribution in [2.24, 2.45) is 0 Å². The van der Waals surface area contributed by atoms with Gasteiger partial charge in [0.15, 0.2) is 6.73 Å². The number of rotatable bonds is 6. The predicted molar refractivity (Wildman–Crippen MR) is 130 cm³/mol. The zero-order valence-electron chi connectivity index (χ0n) is 18.3. The molecular weight excluding hydrogens is 438 g/mol. The largest absolute Gasteiger partial charge is 0.489 e. The molecule has 1 aliphatic rings. The zero-order valence-corrected chi connectivity index (χ0v) is 19.1. The van der Waals surface area contributed by atoms with Crippen LogP contribution in [0.1, 0.15) is 30.0 Å². The lowest BCUT2D eigenvalue weighted by Gasteiger charge is -2.31. The molecule has 0 saturated heterocycles. The third-order valence-corrected chi connectivity index (χ3v) is 6.09. The molecule has 3 aromatic carbocycles. The van der Waals surface area contributed by atoms with Crippen LogP contribution in [0.5, 0.6) is 11.5 Å². The lowest BCUT2D eigenvalue weighted by atomic mass is 10.0. The van der Waals surface area contributed by atoms with Gasteiger partial charge in [0.1, 0.15) is 23.7 Å². The van der Waals surface area contributed by atoms with Crippen LogP contribution in [-0.4, -0.2) is 6.73 Å². The smallest absolute Gasteiger partial charge is 0.336 e. The van der Waals surface area contributed by atoms with Gasteiger partial charge >= 0.3 is 5.63 Å². The minimum atomic E-state index is -0.354. The van der Waals surface area contributed by atoms with Gasteiger partial charge in [-0.25, -0.2) is 4.79 Å². The Labute approximate surface area is 197 Å². The molecule has 0 aliphatic carbocycles. The number of hydrogen-bond donors (Lipinski definition) is 0. The molecule has 5 nitrogen and oxygen atoms in total. The van der Waals surface area contributed by atoms with Crippen LogP contribution in [0.3, 0.4) is 0 Å². The summed E-state index contributed by atoms with van der Waals surface area (Å²) in [6, 6.07) is 21.4. The first-order valence-electron chi connectivity index (χ1n) is 11.0. The standard InChI is InChI=1S/C27H24ClNO4/c1-2-6-19-13-25(30)33-26-22(19)14-24(28)27-23(26)15-29(17-32-27)20-9-11-21(12-10-20)31-16-18-7-4-3-5-8-18/h3-5,7-14H,2,6,15-17H2,1H3. The second-order valence-corrected chi connectivity index (χ2v) is 8.53. The Balaban J connectivity index is 1.41. The van der Waals surface area contributed by atoms with E-state index in [4.69, 9.17) is 25.5 Å². The number of benzene rings is 3. The molecule has 0 spiro atoms. The molecule has 0 amide bonds. The third kappa shape index (κ3) is 4.41. The van der Waals surface area contributed by atoms with Crippen LogP contribution in [0.25, 0.3) is 11.0 Å². The molecule has 0 bridgehead atoms. The minimum absolute atomic E-state index is 0.349. The summed E-state index contributed by atoms with van der Waals surface area (Å²) in [7, 11) is 0. The first kappa shape index (κ1) is 21.4. The van der Waals surface area contributed by atoms with E-state index in [1.165, 1.54) is 0 Å². The summed E-state index contributed by atoms with van der Waals surface area (Å²) in [5.41, 5.74) is 4.04. The van der Waals surface area contributed by atoms with Gasteiger partial charge in [-0.1, -0.05) is 55.3 Å². The number of fused-ring (bicyclic) bond motifs is 3. The molecule has 0 atom stereocenters. The van der Waals surface area contributed by atoms with Crippen molar-refractivity contribution in [2.75, 3.05) is 11.6 Å². The molecular formula is C27H24ClNO4. The van der Waals surface area contributed by atoms with Crippen molar-refractivity contribution in [3.8, 4) is 11.5 Å². The summed E-state index contributed by atoms with van der Waals surface area (Å²) >= 11 is 6.55. The fourth-order valence-electron chi connectivity index (χ4n) is 4.19. The molecule has 1 aliphatic heterocycles. The number of hydrogen-bond acceptors (Lipinski definition) is 5. The Morgan fingerprint density at radius 3 is 2.61 bits per heavy atom. The Morgan fingerprint density at radius 1 is 1.06 bits per heavy atom. The van der Waals surface area contributed by atoms with Gasteiger partial charge in [0.2, 0.25) is 0 Å². The van der Waals surface area contributed by atoms with Gasteiger partial charge in [-0.2, -0.15) is 0 Å². The van der Waals surface area contributed by atoms with Crippen molar-refractivity contribution in [3.63, 3.8) is 0 Å². The van der Waals surface area contributed by atoms with Crippen molar-refractivity contribution in [3.05, 3.63) is 98.9 Å². The maximum Gasteiger partial charge on any atom is 0.336 e. The lowest BCUT2D eigenvalue weighted by Crippen LogP contribution is -2.32. The second-order valence-electron chi connectivity index (χ2n) is 8.12. The highest BCUT2D eigenvalue weighted by molar-refractivity contribution is 6.33. The molecule has 33 heavy (non-hydrogen) atoms. The molecule has 0 radical (unpaired) electrons. The minimum Gasteiger partial charge on any atom is -0.489 e. The van der Waals surface area contributed by atoms with Crippen LogP contribution in [-0.2, 0) is 19.6 Å². The van der Waals surface area contributed by atoms with Gasteiger partial charge in [0.25, 0.3) is 0 Å². The molecule has 0 unspecified atom stereocenters. The summed E-state index contributed by atoms with van der Waals surface area (Å²) < 4.78 is 17.5. The van der Waals surface area contributed by atoms with Gasteiger partial charge in [-0.15, -0.1) is 0 Å². The van der Waals surface area contributed by atoms with Crippen molar-refractivity contribution >= 4 is 28.3 Å². The van der Waals surface area contributed by atoms with Crippen LogP contribution >= 0.6 is 11.6 Å². The molecule has 168 valence electrons. The number of aryl methyl sites for hydroxylation is 1. The first-order valence-corrected chi connectivity index (χ1v) is 11.4. The van der Waals surface area contributed by atoms with Gasteiger partial charge in [-0.05, 0) is 47.9 Å². The van der Waals surface area contributed by atoms with Crippen molar-refractivity contribution in [1.82, 2.24) is 0 Å². The van der Waals surface area contributed by atoms with Gasteiger partial charge in [0, 0.05) is 17.1 Å². The lowest BCUT2D eigenvalue weighted by molar-refractivity contribution is 0.289. The maximum atomic E-state index is 12.2. The number of halogens is 1. The van der Waals surface area contributed by atoms with E-state index in [1.807, 2.05) is 60.7 Å². The molecule has 0 N–H and O–H groups in total. The van der Waals surface area contributed by atoms with Gasteiger partial charge in [-0.3, -0.25) is 0 Å². The van der Waals surface area contributed by atoms with Crippen LogP contribution in [0, 0.1) is 0 Å². The SMILES string of the molecule is CCCc1cc(=O)oc2c3c(c(Cl)cc12)OCN(c1ccc(OCc2ccccc2)cc1)C3. The Morgan fingerprint density at radius 2 is 1.85 bits per heavy atom. The summed E-state index contributed by atoms with van der Waals surface area (Å²) in [5, 5.41) is 1.41. The molecule has 0 fully saturated rings. The predicted octanol–water partition coefficient (Wildman–Crippen LogP) is 6.33. The topological polar surface area (TPSA) is 51.9 Å². The number of anilines is 1. The fraction of sp³-hybridized carbons (Fsp3) is 0.222. The average Bonchev–Trinajstić information content (AvgIpc) is 2.84. The Kier molecular flexibility index (Phi) is 5.97. The van der Waals surface area contributed by atoms with E-state index < -0.39 is 0 Å². The molecule has 1 aromatic heterocycles. The van der Waals surface area contributed by atoms with Crippen LogP contribution in [0.4, 0.5) is 5.69 Å². The summed E-state index contributed by atoms with van der Waals surface area (Å²) in [6.07, 6.45) is 1.71. The number of ether oxygens (including phenoxy) is 2. The summed E-state index contributed by atoms with van der Waals surface area (Å²) in [6.45, 7) is 3.47. The van der Waals surface area contributed by atoms with E-state index >= 15 is 0 Å². The monoisotopic (exact) mass is 461 g/mol. The molecule has 0 saturated carbocycles. The van der Waals surface area contributed by atoms with Crippen molar-refractivity contribution < 1.29 is 13.9 Å². The van der Waals surface area contributed by atoms with E-state index in [1.54, 1.807) is 6.07 Å². The van der Waals surface area contributed by atoms with E-state index in [9.17, 15) is 4.79 Å². The highest BCUT2D eigenvalue weighted by Gasteiger charge is 2.25. The first-order chi connectivity index (χ1) is 16.1. The van der Waals surface area contributed by atoms with Gasteiger partial charge < -0.3 is 18.8 Å². The Hall–Kier alpha value is -3.44. The normalized spacial score (nSPS) is 13.0. The number of nitrogens with zero attached hydrogens (tertiary/aromatic N) is 1. The van der Waals surface area contributed by atoms with E-state index in [-0.39, 0.29) is 5.63 Å². The quantitative estimate of drug-likeness (QED) is 0.314. The van der Waals surface area contributed by atoms with E-state index in [0.29, 0.717) is 36.2 Å². The third-order valence-electron chi connectivity index (χ3n) is 5.80. The van der Waals surface area contributed by atoms with Crippen molar-refractivity contribution in [2.45, 2.75) is 32.9 Å². The van der Waals surface area contributed by atoms with Crippen LogP contribution in [0.2, 0.25) is 5.02 Å². The molecule has 6 heteroatoms. The highest BCUT2D eigenvalue weighted by Crippen LogP contribution is 2.40.